The summed E-state index contributed by atoms with van der Waals surface area (Å²) in [7, 11) is -6.26. The molecule has 0 aliphatic rings. The molecule has 0 bridgehead atoms. The van der Waals surface area contributed by atoms with Crippen molar-refractivity contribution in [1.29, 1.82) is 0 Å². The predicted octanol–water partition coefficient (Wildman–Crippen LogP) is 7.08. The molecule has 0 rings (SSSR count). The van der Waals surface area contributed by atoms with Gasteiger partial charge in [-0.25, -0.2) is 14.4 Å². The molecule has 11 heteroatoms. The zero-order valence-corrected chi connectivity index (χ0v) is 32.6. The van der Waals surface area contributed by atoms with E-state index in [1.165, 1.54) is 0 Å². The van der Waals surface area contributed by atoms with Crippen LogP contribution in [0.4, 0.5) is 0 Å². The summed E-state index contributed by atoms with van der Waals surface area (Å²) in [6.07, 6.45) is -1.27. The monoisotopic (exact) mass is 646 g/mol. The first kappa shape index (κ1) is 41.5. The predicted molar refractivity (Wildman–Crippen MR) is 176 cm³/mol. The van der Waals surface area contributed by atoms with Gasteiger partial charge >= 0.3 is 17.9 Å². The van der Waals surface area contributed by atoms with Crippen molar-refractivity contribution in [2.75, 3.05) is 0 Å². The standard InChI is InChI=1S/C32H62O9Si2/c1-21-31(24(35)38-27(5,6)7,40-42(17,18)29(11,12)13)32(25(36)39-28(8,9)10,41-43(19,20)30(14,15)16)22(33)23(34)37-26(2,3)4/h21-22,33H,1H2,2-20H3/t22-,31-,32+/m1/s1. The van der Waals surface area contributed by atoms with Crippen molar-refractivity contribution >= 4 is 34.5 Å². The summed E-state index contributed by atoms with van der Waals surface area (Å²) in [5, 5.41) is 11.1. The van der Waals surface area contributed by atoms with E-state index in [1.807, 2.05) is 67.7 Å². The molecule has 0 spiro atoms. The molecule has 9 nitrogen and oxygen atoms in total. The van der Waals surface area contributed by atoms with Crippen LogP contribution in [0.2, 0.25) is 36.3 Å². The van der Waals surface area contributed by atoms with Gasteiger partial charge in [0.15, 0.2) is 22.7 Å². The van der Waals surface area contributed by atoms with Crippen LogP contribution in [0, 0.1) is 0 Å². The number of rotatable bonds is 10. The van der Waals surface area contributed by atoms with Crippen LogP contribution in [0.15, 0.2) is 12.7 Å². The highest BCUT2D eigenvalue weighted by Gasteiger charge is 2.74. The quantitative estimate of drug-likeness (QED) is 0.115. The summed E-state index contributed by atoms with van der Waals surface area (Å²) >= 11 is 0. The fourth-order valence-corrected chi connectivity index (χ4v) is 6.41. The Hall–Kier alpha value is -1.54. The first-order valence-electron chi connectivity index (χ1n) is 14.9. The lowest BCUT2D eigenvalue weighted by Gasteiger charge is -2.55. The summed E-state index contributed by atoms with van der Waals surface area (Å²) in [5.74, 6) is -3.41. The van der Waals surface area contributed by atoms with E-state index in [2.05, 4.69) is 6.58 Å². The topological polar surface area (TPSA) is 118 Å². The van der Waals surface area contributed by atoms with E-state index in [9.17, 15) is 19.5 Å². The maximum atomic E-state index is 14.8. The number of ether oxygens (including phenoxy) is 3. The van der Waals surface area contributed by atoms with Gasteiger partial charge in [-0.1, -0.05) is 48.1 Å². The third-order valence-electron chi connectivity index (χ3n) is 7.70. The Balaban J connectivity index is 8.58. The van der Waals surface area contributed by atoms with Gasteiger partial charge in [0.1, 0.15) is 16.8 Å². The largest absolute Gasteiger partial charge is 0.458 e. The summed E-state index contributed by atoms with van der Waals surface area (Å²) in [5.41, 5.74) is -8.60. The van der Waals surface area contributed by atoms with Crippen LogP contribution < -0.4 is 0 Å². The van der Waals surface area contributed by atoms with E-state index in [1.54, 1.807) is 62.3 Å². The van der Waals surface area contributed by atoms with Crippen LogP contribution in [0.1, 0.15) is 104 Å². The van der Waals surface area contributed by atoms with E-state index >= 15 is 0 Å². The first-order chi connectivity index (χ1) is 18.5. The molecule has 0 aromatic heterocycles. The minimum Gasteiger partial charge on any atom is -0.458 e. The SMILES string of the molecule is C=C[C@@](O[Si](C)(C)C(C)(C)C)(C(=O)OC(C)(C)C)[C@@](O[Si](C)(C)C(C)(C)C)(C(=O)OC(C)(C)C)[C@H](O)C(=O)OC(C)(C)C. The van der Waals surface area contributed by atoms with Crippen molar-refractivity contribution in [1.82, 2.24) is 0 Å². The summed E-state index contributed by atoms with van der Waals surface area (Å²) in [6.45, 7) is 37.8. The molecule has 1 N–H and O–H groups in total. The van der Waals surface area contributed by atoms with Gasteiger partial charge in [0, 0.05) is 0 Å². The van der Waals surface area contributed by atoms with Crippen LogP contribution in [0.3, 0.4) is 0 Å². The van der Waals surface area contributed by atoms with E-state index in [0.29, 0.717) is 0 Å². The molecule has 252 valence electrons. The molecule has 0 aromatic rings. The highest BCUT2D eigenvalue weighted by Crippen LogP contribution is 2.50. The molecule has 43 heavy (non-hydrogen) atoms. The Morgan fingerprint density at radius 1 is 0.605 bits per heavy atom. The number of aliphatic hydroxyl groups excluding tert-OH is 1. The van der Waals surface area contributed by atoms with Gasteiger partial charge < -0.3 is 28.2 Å². The van der Waals surface area contributed by atoms with Gasteiger partial charge in [-0.05, 0) is 105 Å². The first-order valence-corrected chi connectivity index (χ1v) is 20.8. The Labute approximate surface area is 263 Å². The van der Waals surface area contributed by atoms with Crippen molar-refractivity contribution < 1.29 is 42.6 Å². The number of esters is 3. The zero-order chi connectivity index (χ0) is 35.1. The van der Waals surface area contributed by atoms with Crippen LogP contribution in [-0.2, 0) is 37.4 Å². The lowest BCUT2D eigenvalue weighted by Crippen LogP contribution is -2.78. The normalized spacial score (nSPS) is 17.7. The van der Waals surface area contributed by atoms with Gasteiger partial charge in [0.05, 0.1) is 0 Å². The van der Waals surface area contributed by atoms with Crippen molar-refractivity contribution in [3.05, 3.63) is 12.7 Å². The Morgan fingerprint density at radius 2 is 0.930 bits per heavy atom. The fraction of sp³-hybridized carbons (Fsp3) is 0.844. The molecule has 0 saturated heterocycles. The van der Waals surface area contributed by atoms with E-state index in [0.717, 1.165) is 6.08 Å². The molecule has 0 aliphatic heterocycles. The van der Waals surface area contributed by atoms with Gasteiger partial charge in [-0.15, -0.1) is 0 Å². The summed E-state index contributed by atoms with van der Waals surface area (Å²) in [6, 6.07) is 0. The lowest BCUT2D eigenvalue weighted by atomic mass is 9.77. The minimum absolute atomic E-state index is 0.503. The fourth-order valence-electron chi connectivity index (χ4n) is 3.53. The van der Waals surface area contributed by atoms with Crippen LogP contribution >= 0.6 is 0 Å². The molecular formula is C32H62O9Si2. The molecule has 0 unspecified atom stereocenters. The van der Waals surface area contributed by atoms with Crippen molar-refractivity contribution in [3.63, 3.8) is 0 Å². The van der Waals surface area contributed by atoms with E-state index in [4.69, 9.17) is 23.1 Å². The summed E-state index contributed by atoms with van der Waals surface area (Å²) in [4.78, 5) is 43.3. The van der Waals surface area contributed by atoms with E-state index in [-0.39, 0.29) is 0 Å². The Kier molecular flexibility index (Phi) is 12.2. The number of aliphatic hydroxyl groups is 1. The molecule has 0 amide bonds. The third-order valence-corrected chi connectivity index (χ3v) is 16.6. The average molecular weight is 647 g/mol. The highest BCUT2D eigenvalue weighted by atomic mass is 28.4. The van der Waals surface area contributed by atoms with Crippen molar-refractivity contribution in [3.8, 4) is 0 Å². The Bertz CT molecular complexity index is 1030. The van der Waals surface area contributed by atoms with Crippen LogP contribution in [0.5, 0.6) is 0 Å². The summed E-state index contributed by atoms with van der Waals surface area (Å²) < 4.78 is 31.2. The van der Waals surface area contributed by atoms with Gasteiger partial charge in [-0.3, -0.25) is 0 Å². The third kappa shape index (κ3) is 9.98. The van der Waals surface area contributed by atoms with Crippen LogP contribution in [0.25, 0.3) is 0 Å². The van der Waals surface area contributed by atoms with E-state index < -0.39 is 78.7 Å². The minimum atomic E-state index is -3.19. The second-order valence-corrected chi connectivity index (χ2v) is 26.8. The molecule has 0 aromatic carbocycles. The Morgan fingerprint density at radius 3 is 1.23 bits per heavy atom. The maximum absolute atomic E-state index is 14.8. The zero-order valence-electron chi connectivity index (χ0n) is 30.6. The van der Waals surface area contributed by atoms with Gasteiger partial charge in [-0.2, -0.15) is 0 Å². The molecule has 0 aliphatic carbocycles. The second-order valence-electron chi connectivity index (χ2n) is 17.3. The molecule has 0 radical (unpaired) electrons. The lowest BCUT2D eigenvalue weighted by molar-refractivity contribution is -0.231. The maximum Gasteiger partial charge on any atom is 0.345 e. The number of hydrogen-bond donors (Lipinski definition) is 1. The van der Waals surface area contributed by atoms with Gasteiger partial charge in [0.2, 0.25) is 11.2 Å². The molecule has 0 saturated carbocycles. The highest BCUT2D eigenvalue weighted by molar-refractivity contribution is 6.75. The van der Waals surface area contributed by atoms with Gasteiger partial charge in [0.25, 0.3) is 0 Å². The number of hydrogen-bond acceptors (Lipinski definition) is 9. The number of carbonyl (C=O) groups excluding carboxylic acids is 3. The molecule has 0 heterocycles. The van der Waals surface area contributed by atoms with Crippen molar-refractivity contribution in [2.24, 2.45) is 0 Å². The molecular weight excluding hydrogens is 585 g/mol. The molecule has 3 atom stereocenters. The molecule has 0 fully saturated rings. The smallest absolute Gasteiger partial charge is 0.345 e. The van der Waals surface area contributed by atoms with Crippen LogP contribution in [-0.4, -0.2) is 73.8 Å². The second kappa shape index (κ2) is 12.7. The average Bonchev–Trinajstić information content (AvgIpc) is 2.69. The van der Waals surface area contributed by atoms with Crippen molar-refractivity contribution in [2.45, 2.75) is 174 Å². The number of carbonyl (C=O) groups is 3.